The smallest absolute Gasteiger partial charge is 0.119 e. The summed E-state index contributed by atoms with van der Waals surface area (Å²) in [7, 11) is 1.65. The van der Waals surface area contributed by atoms with E-state index in [9.17, 15) is 0 Å². The summed E-state index contributed by atoms with van der Waals surface area (Å²) in [5.74, 6) is 0.812. The van der Waals surface area contributed by atoms with Crippen LogP contribution in [0.5, 0.6) is 5.75 Å². The van der Waals surface area contributed by atoms with Crippen molar-refractivity contribution in [1.82, 2.24) is 4.98 Å². The first-order valence-electron chi connectivity index (χ1n) is 7.11. The molecule has 0 saturated heterocycles. The Labute approximate surface area is 125 Å². The SMILES string of the molecule is COc1cccc(C(OCCc2ccccn2)C(C)N)c1. The van der Waals surface area contributed by atoms with Gasteiger partial charge < -0.3 is 15.2 Å². The first kappa shape index (κ1) is 15.5. The highest BCUT2D eigenvalue weighted by atomic mass is 16.5. The van der Waals surface area contributed by atoms with E-state index in [1.807, 2.05) is 49.4 Å². The van der Waals surface area contributed by atoms with Gasteiger partial charge in [0.25, 0.3) is 0 Å². The van der Waals surface area contributed by atoms with E-state index in [-0.39, 0.29) is 12.1 Å². The predicted octanol–water partition coefficient (Wildman–Crippen LogP) is 2.74. The van der Waals surface area contributed by atoms with Crippen molar-refractivity contribution in [3.63, 3.8) is 0 Å². The molecule has 2 unspecified atom stereocenters. The fourth-order valence-electron chi connectivity index (χ4n) is 2.21. The van der Waals surface area contributed by atoms with Gasteiger partial charge in [-0.25, -0.2) is 0 Å². The summed E-state index contributed by atoms with van der Waals surface area (Å²) in [6.07, 6.45) is 2.41. The lowest BCUT2D eigenvalue weighted by molar-refractivity contribution is 0.0398. The van der Waals surface area contributed by atoms with Crippen molar-refractivity contribution < 1.29 is 9.47 Å². The molecule has 4 heteroatoms. The first-order chi connectivity index (χ1) is 10.2. The van der Waals surface area contributed by atoms with Crippen molar-refractivity contribution in [2.75, 3.05) is 13.7 Å². The molecule has 0 aliphatic carbocycles. The lowest BCUT2D eigenvalue weighted by Crippen LogP contribution is -2.27. The molecule has 21 heavy (non-hydrogen) atoms. The van der Waals surface area contributed by atoms with Crippen LogP contribution < -0.4 is 10.5 Å². The minimum absolute atomic E-state index is 0.0964. The summed E-state index contributed by atoms with van der Waals surface area (Å²) >= 11 is 0. The fraction of sp³-hybridized carbons (Fsp3) is 0.353. The molecule has 0 aliphatic rings. The van der Waals surface area contributed by atoms with E-state index >= 15 is 0 Å². The van der Waals surface area contributed by atoms with E-state index in [0.717, 1.165) is 23.4 Å². The van der Waals surface area contributed by atoms with E-state index in [1.54, 1.807) is 13.3 Å². The molecule has 2 atom stereocenters. The largest absolute Gasteiger partial charge is 0.497 e. The van der Waals surface area contributed by atoms with Gasteiger partial charge in [-0.3, -0.25) is 4.98 Å². The Kier molecular flexibility index (Phi) is 5.72. The lowest BCUT2D eigenvalue weighted by Gasteiger charge is -2.22. The Morgan fingerprint density at radius 3 is 2.71 bits per heavy atom. The van der Waals surface area contributed by atoms with Crippen molar-refractivity contribution in [3.05, 3.63) is 59.9 Å². The second kappa shape index (κ2) is 7.76. The third kappa shape index (κ3) is 4.55. The predicted molar refractivity (Wildman–Crippen MR) is 83.3 cm³/mol. The van der Waals surface area contributed by atoms with Gasteiger partial charge in [0.15, 0.2) is 0 Å². The molecule has 2 N–H and O–H groups in total. The average Bonchev–Trinajstić information content (AvgIpc) is 2.52. The van der Waals surface area contributed by atoms with Gasteiger partial charge in [0.2, 0.25) is 0 Å². The normalized spacial score (nSPS) is 13.7. The highest BCUT2D eigenvalue weighted by Gasteiger charge is 2.17. The van der Waals surface area contributed by atoms with Crippen LogP contribution in [0.15, 0.2) is 48.7 Å². The average molecular weight is 286 g/mol. The number of nitrogens with two attached hydrogens (primary N) is 1. The summed E-state index contributed by atoms with van der Waals surface area (Å²) in [5, 5.41) is 0. The maximum Gasteiger partial charge on any atom is 0.119 e. The molecule has 2 aromatic rings. The van der Waals surface area contributed by atoms with Gasteiger partial charge in [-0.05, 0) is 36.8 Å². The van der Waals surface area contributed by atoms with Gasteiger partial charge in [0.05, 0.1) is 19.8 Å². The summed E-state index contributed by atoms with van der Waals surface area (Å²) < 4.78 is 11.2. The maximum absolute atomic E-state index is 6.06. The lowest BCUT2D eigenvalue weighted by atomic mass is 10.0. The summed E-state index contributed by atoms with van der Waals surface area (Å²) in [6, 6.07) is 13.6. The van der Waals surface area contributed by atoms with Crippen LogP contribution >= 0.6 is 0 Å². The van der Waals surface area contributed by atoms with E-state index in [4.69, 9.17) is 15.2 Å². The standard InChI is InChI=1S/C17H22N2O2/c1-13(18)17(14-6-5-8-16(12-14)20-2)21-11-9-15-7-3-4-10-19-15/h3-8,10,12-13,17H,9,11,18H2,1-2H3. The zero-order valence-corrected chi connectivity index (χ0v) is 12.5. The van der Waals surface area contributed by atoms with Gasteiger partial charge in [0.1, 0.15) is 5.75 Å². The number of aromatic nitrogens is 1. The number of methoxy groups -OCH3 is 1. The second-order valence-electron chi connectivity index (χ2n) is 5.00. The maximum atomic E-state index is 6.06. The number of pyridine rings is 1. The number of hydrogen-bond donors (Lipinski definition) is 1. The molecule has 0 radical (unpaired) electrons. The minimum Gasteiger partial charge on any atom is -0.497 e. The zero-order valence-electron chi connectivity index (χ0n) is 12.5. The summed E-state index contributed by atoms with van der Waals surface area (Å²) in [4.78, 5) is 4.29. The molecule has 1 heterocycles. The quantitative estimate of drug-likeness (QED) is 0.850. The summed E-state index contributed by atoms with van der Waals surface area (Å²) in [6.45, 7) is 2.53. The van der Waals surface area contributed by atoms with Gasteiger partial charge in [0, 0.05) is 24.4 Å². The Morgan fingerprint density at radius 2 is 2.05 bits per heavy atom. The molecule has 1 aromatic heterocycles. The Hall–Kier alpha value is -1.91. The minimum atomic E-state index is -0.149. The zero-order chi connectivity index (χ0) is 15.1. The van der Waals surface area contributed by atoms with Crippen LogP contribution in [0.25, 0.3) is 0 Å². The number of benzene rings is 1. The van der Waals surface area contributed by atoms with Gasteiger partial charge in [-0.15, -0.1) is 0 Å². The highest BCUT2D eigenvalue weighted by molar-refractivity contribution is 5.30. The number of nitrogens with zero attached hydrogens (tertiary/aromatic N) is 1. The molecular formula is C17H22N2O2. The van der Waals surface area contributed by atoms with Crippen LogP contribution in [0.3, 0.4) is 0 Å². The van der Waals surface area contributed by atoms with Crippen LogP contribution in [0.1, 0.15) is 24.3 Å². The summed E-state index contributed by atoms with van der Waals surface area (Å²) in [5.41, 5.74) is 8.11. The third-order valence-electron chi connectivity index (χ3n) is 3.28. The molecule has 1 aromatic carbocycles. The molecule has 0 spiro atoms. The van der Waals surface area contributed by atoms with Crippen LogP contribution in [0, 0.1) is 0 Å². The van der Waals surface area contributed by atoms with E-state index in [0.29, 0.717) is 6.61 Å². The topological polar surface area (TPSA) is 57.4 Å². The van der Waals surface area contributed by atoms with Crippen LogP contribution in [-0.4, -0.2) is 24.7 Å². The fourth-order valence-corrected chi connectivity index (χ4v) is 2.21. The van der Waals surface area contributed by atoms with Gasteiger partial charge in [-0.2, -0.15) is 0 Å². The van der Waals surface area contributed by atoms with E-state index < -0.39 is 0 Å². The second-order valence-corrected chi connectivity index (χ2v) is 5.00. The Bertz CT molecular complexity index is 543. The van der Waals surface area contributed by atoms with Crippen molar-refractivity contribution in [2.45, 2.75) is 25.5 Å². The molecular weight excluding hydrogens is 264 g/mol. The number of ether oxygens (including phenoxy) is 2. The molecule has 0 fully saturated rings. The van der Waals surface area contributed by atoms with Gasteiger partial charge in [-0.1, -0.05) is 18.2 Å². The number of hydrogen-bond acceptors (Lipinski definition) is 4. The van der Waals surface area contributed by atoms with E-state index in [2.05, 4.69) is 4.98 Å². The van der Waals surface area contributed by atoms with Crippen LogP contribution in [-0.2, 0) is 11.2 Å². The Morgan fingerprint density at radius 1 is 1.19 bits per heavy atom. The van der Waals surface area contributed by atoms with Crippen LogP contribution in [0.4, 0.5) is 0 Å². The molecule has 4 nitrogen and oxygen atoms in total. The highest BCUT2D eigenvalue weighted by Crippen LogP contribution is 2.24. The first-order valence-corrected chi connectivity index (χ1v) is 7.11. The van der Waals surface area contributed by atoms with E-state index in [1.165, 1.54) is 0 Å². The third-order valence-corrected chi connectivity index (χ3v) is 3.28. The molecule has 112 valence electrons. The van der Waals surface area contributed by atoms with Crippen molar-refractivity contribution in [2.24, 2.45) is 5.73 Å². The molecule has 2 rings (SSSR count). The Balaban J connectivity index is 1.99. The van der Waals surface area contributed by atoms with Crippen molar-refractivity contribution >= 4 is 0 Å². The van der Waals surface area contributed by atoms with Crippen molar-refractivity contribution in [1.29, 1.82) is 0 Å². The molecule has 0 saturated carbocycles. The monoisotopic (exact) mass is 286 g/mol. The van der Waals surface area contributed by atoms with Gasteiger partial charge >= 0.3 is 0 Å². The molecule has 0 bridgehead atoms. The molecule has 0 amide bonds. The van der Waals surface area contributed by atoms with Crippen molar-refractivity contribution in [3.8, 4) is 5.75 Å². The number of rotatable bonds is 7. The molecule has 0 aliphatic heterocycles. The van der Waals surface area contributed by atoms with Crippen LogP contribution in [0.2, 0.25) is 0 Å².